The molecule has 8 atom stereocenters. The Hall–Kier alpha value is -1.62. The molecule has 0 amide bonds. The van der Waals surface area contributed by atoms with Crippen LogP contribution in [0.25, 0.3) is 0 Å². The van der Waals surface area contributed by atoms with E-state index in [-0.39, 0.29) is 59.5 Å². The molecule has 4 aliphatic rings. The summed E-state index contributed by atoms with van der Waals surface area (Å²) in [5.41, 5.74) is 1.43. The fraction of sp³-hybridized carbons (Fsp3) is 0.700. The van der Waals surface area contributed by atoms with Gasteiger partial charge in [0.25, 0.3) is 0 Å². The van der Waals surface area contributed by atoms with Crippen molar-refractivity contribution < 1.29 is 23.8 Å². The molecule has 2 saturated carbocycles. The zero-order chi connectivity index (χ0) is 18.1. The minimum atomic E-state index is -0.382. The van der Waals surface area contributed by atoms with Crippen LogP contribution in [0.4, 0.5) is 0 Å². The molecule has 0 bridgehead atoms. The van der Waals surface area contributed by atoms with Crippen molar-refractivity contribution in [2.24, 2.45) is 23.7 Å². The maximum absolute atomic E-state index is 12.3. The molecular formula is C20H26O5. The van der Waals surface area contributed by atoms with E-state index in [1.807, 2.05) is 13.8 Å². The number of hydrogen-bond donors (Lipinski definition) is 0. The molecule has 25 heavy (non-hydrogen) atoms. The number of carbonyl (C=O) groups excluding carboxylic acids is 2. The maximum Gasteiger partial charge on any atom is 0.333 e. The number of rotatable bonds is 2. The quantitative estimate of drug-likeness (QED) is 0.333. The molecule has 0 spiro atoms. The number of hydrogen-bond acceptors (Lipinski definition) is 5. The molecule has 136 valence electrons. The van der Waals surface area contributed by atoms with E-state index >= 15 is 0 Å². The Morgan fingerprint density at radius 1 is 1.44 bits per heavy atom. The van der Waals surface area contributed by atoms with E-state index in [1.54, 1.807) is 13.0 Å². The predicted octanol–water partition coefficient (Wildman–Crippen LogP) is 2.80. The van der Waals surface area contributed by atoms with Gasteiger partial charge in [0.05, 0.1) is 17.6 Å². The SMILES string of the molecule is C=C1C[C@H](OC(=O)/C(C)=C/C)[C@@H]2[C@H](OC(=O)[C@H]2C)[C@@H]2[C@H]1C[C@H]1O[C@@]21C. The van der Waals surface area contributed by atoms with Crippen LogP contribution >= 0.6 is 0 Å². The van der Waals surface area contributed by atoms with E-state index in [9.17, 15) is 9.59 Å². The first-order valence-electron chi connectivity index (χ1n) is 9.17. The molecule has 5 nitrogen and oxygen atoms in total. The Morgan fingerprint density at radius 2 is 2.16 bits per heavy atom. The Balaban J connectivity index is 1.69. The zero-order valence-corrected chi connectivity index (χ0v) is 15.3. The van der Waals surface area contributed by atoms with Crippen molar-refractivity contribution in [1.82, 2.24) is 0 Å². The lowest BCUT2D eigenvalue weighted by molar-refractivity contribution is -0.149. The second-order valence-electron chi connectivity index (χ2n) is 8.20. The summed E-state index contributed by atoms with van der Waals surface area (Å²) in [5.74, 6) is -0.590. The van der Waals surface area contributed by atoms with Crippen LogP contribution in [0.1, 0.15) is 40.5 Å². The Labute approximate surface area is 148 Å². The highest BCUT2D eigenvalue weighted by Crippen LogP contribution is 2.63. The normalized spacial score (nSPS) is 48.2. The summed E-state index contributed by atoms with van der Waals surface area (Å²) in [6.07, 6.45) is 2.83. The molecule has 2 heterocycles. The molecular weight excluding hydrogens is 320 g/mol. The lowest BCUT2D eigenvalue weighted by Crippen LogP contribution is -2.41. The summed E-state index contributed by atoms with van der Waals surface area (Å²) in [4.78, 5) is 24.7. The third-order valence-electron chi connectivity index (χ3n) is 6.91. The summed E-state index contributed by atoms with van der Waals surface area (Å²) in [6, 6.07) is 0. The van der Waals surface area contributed by atoms with E-state index in [4.69, 9.17) is 14.2 Å². The molecule has 0 unspecified atom stereocenters. The molecule has 2 saturated heterocycles. The van der Waals surface area contributed by atoms with Crippen LogP contribution < -0.4 is 0 Å². The minimum Gasteiger partial charge on any atom is -0.461 e. The lowest BCUT2D eigenvalue weighted by Gasteiger charge is -2.31. The number of epoxide rings is 1. The topological polar surface area (TPSA) is 65.1 Å². The monoisotopic (exact) mass is 346 g/mol. The van der Waals surface area contributed by atoms with Crippen molar-refractivity contribution in [3.05, 3.63) is 23.8 Å². The smallest absolute Gasteiger partial charge is 0.333 e. The van der Waals surface area contributed by atoms with Gasteiger partial charge >= 0.3 is 11.9 Å². The molecule has 0 radical (unpaired) electrons. The van der Waals surface area contributed by atoms with Crippen molar-refractivity contribution in [3.63, 3.8) is 0 Å². The number of esters is 2. The second kappa shape index (κ2) is 5.44. The van der Waals surface area contributed by atoms with Gasteiger partial charge in [0.15, 0.2) is 0 Å². The highest BCUT2D eigenvalue weighted by atomic mass is 16.6. The fourth-order valence-electron chi connectivity index (χ4n) is 5.22. The molecule has 0 N–H and O–H groups in total. The van der Waals surface area contributed by atoms with Gasteiger partial charge in [-0.3, -0.25) is 4.79 Å². The highest BCUT2D eigenvalue weighted by Gasteiger charge is 2.72. The first kappa shape index (κ1) is 16.8. The van der Waals surface area contributed by atoms with Crippen LogP contribution in [-0.4, -0.2) is 35.9 Å². The van der Waals surface area contributed by atoms with Crippen LogP contribution in [-0.2, 0) is 23.8 Å². The second-order valence-corrected chi connectivity index (χ2v) is 8.20. The first-order chi connectivity index (χ1) is 11.8. The fourth-order valence-corrected chi connectivity index (χ4v) is 5.22. The molecule has 0 aromatic heterocycles. The highest BCUT2D eigenvalue weighted by molar-refractivity contribution is 5.87. The van der Waals surface area contributed by atoms with E-state index < -0.39 is 0 Å². The maximum atomic E-state index is 12.3. The Bertz CT molecular complexity index is 680. The summed E-state index contributed by atoms with van der Waals surface area (Å²) in [5, 5.41) is 0. The minimum absolute atomic E-state index is 0.107. The number of carbonyl (C=O) groups is 2. The van der Waals surface area contributed by atoms with Gasteiger partial charge in [0.2, 0.25) is 0 Å². The molecule has 4 fully saturated rings. The molecule has 0 aromatic rings. The van der Waals surface area contributed by atoms with E-state index in [1.165, 1.54) is 0 Å². The van der Waals surface area contributed by atoms with E-state index in [0.29, 0.717) is 12.0 Å². The van der Waals surface area contributed by atoms with E-state index in [2.05, 4.69) is 13.5 Å². The molecule has 2 aliphatic heterocycles. The van der Waals surface area contributed by atoms with Gasteiger partial charge in [-0.05, 0) is 33.1 Å². The predicted molar refractivity (Wildman–Crippen MR) is 90.5 cm³/mol. The molecule has 0 aromatic carbocycles. The van der Waals surface area contributed by atoms with Crippen LogP contribution in [0, 0.1) is 23.7 Å². The summed E-state index contributed by atoms with van der Waals surface area (Å²) in [6.45, 7) is 11.8. The zero-order valence-electron chi connectivity index (χ0n) is 15.3. The average Bonchev–Trinajstić information content (AvgIpc) is 3.03. The third-order valence-corrected chi connectivity index (χ3v) is 6.91. The van der Waals surface area contributed by atoms with Gasteiger partial charge in [-0.2, -0.15) is 0 Å². The first-order valence-corrected chi connectivity index (χ1v) is 9.17. The summed E-state index contributed by atoms with van der Waals surface area (Å²) >= 11 is 0. The number of allylic oxidation sites excluding steroid dienone is 1. The number of fused-ring (bicyclic) bond motifs is 5. The van der Waals surface area contributed by atoms with Crippen molar-refractivity contribution in [1.29, 1.82) is 0 Å². The molecule has 2 aliphatic carbocycles. The van der Waals surface area contributed by atoms with Crippen molar-refractivity contribution in [2.45, 2.75) is 64.4 Å². The molecule has 4 rings (SSSR count). The molecule has 5 heteroatoms. The van der Waals surface area contributed by atoms with Gasteiger partial charge in [0, 0.05) is 23.8 Å². The van der Waals surface area contributed by atoms with Gasteiger partial charge in [0.1, 0.15) is 12.2 Å². The summed E-state index contributed by atoms with van der Waals surface area (Å²) in [7, 11) is 0. The van der Waals surface area contributed by atoms with Crippen molar-refractivity contribution in [3.8, 4) is 0 Å². The Kier molecular flexibility index (Phi) is 3.66. The van der Waals surface area contributed by atoms with Crippen LogP contribution in [0.15, 0.2) is 23.8 Å². The lowest BCUT2D eigenvalue weighted by atomic mass is 9.77. The van der Waals surface area contributed by atoms with Crippen LogP contribution in [0.3, 0.4) is 0 Å². The van der Waals surface area contributed by atoms with Crippen LogP contribution in [0.5, 0.6) is 0 Å². The third kappa shape index (κ3) is 2.31. The standard InChI is InChI=1S/C20H26O5/c1-6-9(2)18(21)23-13-7-10(3)12-8-14-20(5,25-14)16(12)17-15(13)11(4)19(22)24-17/h6,11-17H,3,7-8H2,1-2,4-5H3/b9-6+/t11-,12-,13-,14+,15+,16-,17-,20+/m0/s1. The summed E-state index contributed by atoms with van der Waals surface area (Å²) < 4.78 is 17.6. The largest absolute Gasteiger partial charge is 0.461 e. The average molecular weight is 346 g/mol. The van der Waals surface area contributed by atoms with Gasteiger partial charge in [-0.1, -0.05) is 25.2 Å². The van der Waals surface area contributed by atoms with Crippen molar-refractivity contribution >= 4 is 11.9 Å². The van der Waals surface area contributed by atoms with Gasteiger partial charge in [-0.15, -0.1) is 0 Å². The van der Waals surface area contributed by atoms with E-state index in [0.717, 1.165) is 12.0 Å². The van der Waals surface area contributed by atoms with Gasteiger partial charge < -0.3 is 14.2 Å². The van der Waals surface area contributed by atoms with Crippen LogP contribution in [0.2, 0.25) is 0 Å². The van der Waals surface area contributed by atoms with Gasteiger partial charge in [-0.25, -0.2) is 4.79 Å². The number of ether oxygens (including phenoxy) is 3. The van der Waals surface area contributed by atoms with Crippen molar-refractivity contribution in [2.75, 3.05) is 0 Å². The Morgan fingerprint density at radius 3 is 2.84 bits per heavy atom.